The van der Waals surface area contributed by atoms with E-state index in [-0.39, 0.29) is 11.7 Å². The SMILES string of the molecule is CCN(C)c1sc(C(=O)C(C)C)c(N)c1C#N. The quantitative estimate of drug-likeness (QED) is 0.835. The van der Waals surface area contributed by atoms with Crippen molar-refractivity contribution in [3.63, 3.8) is 0 Å². The van der Waals surface area contributed by atoms with Crippen molar-refractivity contribution in [2.75, 3.05) is 24.2 Å². The molecule has 0 radical (unpaired) electrons. The van der Waals surface area contributed by atoms with Crippen molar-refractivity contribution in [2.24, 2.45) is 5.92 Å². The van der Waals surface area contributed by atoms with Crippen LogP contribution >= 0.6 is 11.3 Å². The van der Waals surface area contributed by atoms with Crippen LogP contribution in [0.15, 0.2) is 0 Å². The number of thiophene rings is 1. The molecule has 92 valence electrons. The molecule has 17 heavy (non-hydrogen) atoms. The molecule has 1 heterocycles. The van der Waals surface area contributed by atoms with Gasteiger partial charge in [-0.2, -0.15) is 5.26 Å². The lowest BCUT2D eigenvalue weighted by atomic mass is 10.1. The summed E-state index contributed by atoms with van der Waals surface area (Å²) < 4.78 is 0. The molecule has 0 aliphatic carbocycles. The largest absolute Gasteiger partial charge is 0.396 e. The first-order valence-electron chi connectivity index (χ1n) is 5.51. The van der Waals surface area contributed by atoms with Gasteiger partial charge in [0.05, 0.1) is 10.6 Å². The van der Waals surface area contributed by atoms with E-state index in [1.165, 1.54) is 11.3 Å². The van der Waals surface area contributed by atoms with Gasteiger partial charge in [-0.05, 0) is 6.92 Å². The van der Waals surface area contributed by atoms with E-state index >= 15 is 0 Å². The summed E-state index contributed by atoms with van der Waals surface area (Å²) in [7, 11) is 1.88. The Labute approximate surface area is 106 Å². The van der Waals surface area contributed by atoms with Crippen LogP contribution in [0.1, 0.15) is 36.0 Å². The standard InChI is InChI=1S/C12H17N3OS/c1-5-15(4)12-8(6-13)9(14)11(17-12)10(16)7(2)3/h7H,5,14H2,1-4H3. The van der Waals surface area contributed by atoms with Gasteiger partial charge in [-0.25, -0.2) is 0 Å². The van der Waals surface area contributed by atoms with Crippen molar-refractivity contribution in [3.8, 4) is 6.07 Å². The van der Waals surface area contributed by atoms with Gasteiger partial charge in [-0.3, -0.25) is 4.79 Å². The van der Waals surface area contributed by atoms with Crippen LogP contribution in [0.2, 0.25) is 0 Å². The summed E-state index contributed by atoms with van der Waals surface area (Å²) in [5, 5.41) is 9.89. The number of nitrogens with two attached hydrogens (primary N) is 1. The number of ketones is 1. The third-order valence-electron chi connectivity index (χ3n) is 2.61. The summed E-state index contributed by atoms with van der Waals surface area (Å²) in [6.07, 6.45) is 0. The van der Waals surface area contributed by atoms with Crippen LogP contribution in [0.5, 0.6) is 0 Å². The Morgan fingerprint density at radius 3 is 2.59 bits per heavy atom. The number of hydrogen-bond acceptors (Lipinski definition) is 5. The maximum atomic E-state index is 12.0. The molecule has 2 N–H and O–H groups in total. The van der Waals surface area contributed by atoms with Gasteiger partial charge in [0.2, 0.25) is 0 Å². The average Bonchev–Trinajstić information content (AvgIpc) is 2.64. The molecule has 0 aliphatic heterocycles. The zero-order valence-electron chi connectivity index (χ0n) is 10.6. The Morgan fingerprint density at radius 1 is 1.59 bits per heavy atom. The monoisotopic (exact) mass is 251 g/mol. The fraction of sp³-hybridized carbons (Fsp3) is 0.500. The molecular formula is C12H17N3OS. The summed E-state index contributed by atoms with van der Waals surface area (Å²) >= 11 is 1.31. The first-order chi connectivity index (χ1) is 7.93. The van der Waals surface area contributed by atoms with E-state index in [0.29, 0.717) is 16.1 Å². The van der Waals surface area contributed by atoms with Gasteiger partial charge in [0.1, 0.15) is 16.6 Å². The van der Waals surface area contributed by atoms with E-state index in [1.54, 1.807) is 0 Å². The van der Waals surface area contributed by atoms with Crippen LogP contribution in [0.25, 0.3) is 0 Å². The number of nitrogens with zero attached hydrogens (tertiary/aromatic N) is 2. The number of carbonyl (C=O) groups is 1. The third kappa shape index (κ3) is 2.42. The van der Waals surface area contributed by atoms with Crippen molar-refractivity contribution >= 4 is 27.8 Å². The van der Waals surface area contributed by atoms with Crippen LogP contribution in [-0.2, 0) is 0 Å². The Morgan fingerprint density at radius 2 is 2.18 bits per heavy atom. The topological polar surface area (TPSA) is 70.1 Å². The molecule has 0 atom stereocenters. The highest BCUT2D eigenvalue weighted by Crippen LogP contribution is 2.38. The molecule has 0 bridgehead atoms. The molecule has 0 fully saturated rings. The zero-order chi connectivity index (χ0) is 13.2. The van der Waals surface area contributed by atoms with Gasteiger partial charge in [0.25, 0.3) is 0 Å². The first kappa shape index (κ1) is 13.5. The lowest BCUT2D eigenvalue weighted by molar-refractivity contribution is 0.0944. The lowest BCUT2D eigenvalue weighted by Gasteiger charge is -2.14. The molecule has 5 heteroatoms. The molecule has 4 nitrogen and oxygen atoms in total. The van der Waals surface area contributed by atoms with Gasteiger partial charge in [0.15, 0.2) is 5.78 Å². The smallest absolute Gasteiger partial charge is 0.177 e. The number of hydrogen-bond donors (Lipinski definition) is 1. The minimum atomic E-state index is -0.109. The van der Waals surface area contributed by atoms with Gasteiger partial charge in [-0.15, -0.1) is 11.3 Å². The summed E-state index contributed by atoms with van der Waals surface area (Å²) in [5.74, 6) is -0.109. The second-order valence-electron chi connectivity index (χ2n) is 4.17. The Hall–Kier alpha value is -1.54. The first-order valence-corrected chi connectivity index (χ1v) is 6.33. The highest BCUT2D eigenvalue weighted by molar-refractivity contribution is 7.19. The van der Waals surface area contributed by atoms with Crippen molar-refractivity contribution in [3.05, 3.63) is 10.4 Å². The maximum absolute atomic E-state index is 12.0. The minimum Gasteiger partial charge on any atom is -0.396 e. The van der Waals surface area contributed by atoms with E-state index in [9.17, 15) is 4.79 Å². The average molecular weight is 251 g/mol. The van der Waals surface area contributed by atoms with Crippen molar-refractivity contribution < 1.29 is 4.79 Å². The Bertz CT molecular complexity index is 471. The van der Waals surface area contributed by atoms with E-state index in [0.717, 1.165) is 11.5 Å². The van der Waals surface area contributed by atoms with Gasteiger partial charge in [-0.1, -0.05) is 13.8 Å². The predicted molar refractivity (Wildman–Crippen MR) is 71.6 cm³/mol. The molecule has 0 unspecified atom stereocenters. The molecule has 1 rings (SSSR count). The number of rotatable bonds is 4. The lowest BCUT2D eigenvalue weighted by Crippen LogP contribution is -2.15. The van der Waals surface area contributed by atoms with Gasteiger partial charge < -0.3 is 10.6 Å². The Kier molecular flexibility index (Phi) is 4.13. The molecule has 0 saturated carbocycles. The van der Waals surface area contributed by atoms with E-state index in [1.807, 2.05) is 32.7 Å². The molecule has 0 saturated heterocycles. The number of anilines is 2. The highest BCUT2D eigenvalue weighted by Gasteiger charge is 2.23. The molecule has 0 aliphatic rings. The van der Waals surface area contributed by atoms with E-state index in [4.69, 9.17) is 11.0 Å². The van der Waals surface area contributed by atoms with Crippen LogP contribution in [0.4, 0.5) is 10.7 Å². The molecular weight excluding hydrogens is 234 g/mol. The van der Waals surface area contributed by atoms with Crippen LogP contribution in [0.3, 0.4) is 0 Å². The fourth-order valence-electron chi connectivity index (χ4n) is 1.40. The Balaban J connectivity index is 3.33. The molecule has 1 aromatic heterocycles. The molecule has 0 amide bonds. The van der Waals surface area contributed by atoms with Crippen LogP contribution in [0, 0.1) is 17.2 Å². The van der Waals surface area contributed by atoms with Gasteiger partial charge in [0, 0.05) is 19.5 Å². The third-order valence-corrected chi connectivity index (χ3v) is 3.94. The normalized spacial score (nSPS) is 10.4. The molecule has 0 aromatic carbocycles. The highest BCUT2D eigenvalue weighted by atomic mass is 32.1. The van der Waals surface area contributed by atoms with Crippen molar-refractivity contribution in [1.82, 2.24) is 0 Å². The summed E-state index contributed by atoms with van der Waals surface area (Å²) in [5.41, 5.74) is 6.63. The van der Waals surface area contributed by atoms with Gasteiger partial charge >= 0.3 is 0 Å². The number of nitriles is 1. The van der Waals surface area contributed by atoms with Crippen LogP contribution < -0.4 is 10.6 Å². The minimum absolute atomic E-state index is 0.000229. The van der Waals surface area contributed by atoms with E-state index in [2.05, 4.69) is 6.07 Å². The van der Waals surface area contributed by atoms with E-state index < -0.39 is 0 Å². The zero-order valence-corrected chi connectivity index (χ0v) is 11.4. The van der Waals surface area contributed by atoms with Crippen LogP contribution in [-0.4, -0.2) is 19.4 Å². The summed E-state index contributed by atoms with van der Waals surface area (Å²) in [6.45, 7) is 6.42. The molecule has 0 spiro atoms. The second-order valence-corrected chi connectivity index (χ2v) is 5.17. The summed E-state index contributed by atoms with van der Waals surface area (Å²) in [6, 6.07) is 2.08. The van der Waals surface area contributed by atoms with Crippen molar-refractivity contribution in [2.45, 2.75) is 20.8 Å². The predicted octanol–water partition coefficient (Wildman–Crippen LogP) is 2.50. The maximum Gasteiger partial charge on any atom is 0.177 e. The number of nitrogen functional groups attached to an aromatic ring is 1. The fourth-order valence-corrected chi connectivity index (χ4v) is 2.68. The number of carbonyl (C=O) groups excluding carboxylic acids is 1. The second kappa shape index (κ2) is 5.19. The molecule has 1 aromatic rings. The summed E-state index contributed by atoms with van der Waals surface area (Å²) in [4.78, 5) is 14.4. The number of Topliss-reactive ketones (excluding diaryl/α,β-unsaturated/α-hetero) is 1. The van der Waals surface area contributed by atoms with Crippen molar-refractivity contribution in [1.29, 1.82) is 5.26 Å².